The van der Waals surface area contributed by atoms with Gasteiger partial charge >= 0.3 is 5.97 Å². The molecule has 94 valence electrons. The molecular weight excluding hydrogens is 230 g/mol. The van der Waals surface area contributed by atoms with Crippen LogP contribution in [0.5, 0.6) is 0 Å². The Bertz CT molecular complexity index is 365. The highest BCUT2D eigenvalue weighted by molar-refractivity contribution is 7.90. The Balaban J connectivity index is 2.88. The van der Waals surface area contributed by atoms with Crippen molar-refractivity contribution in [2.24, 2.45) is 5.92 Å². The molecule has 6 heteroatoms. The number of sulfonamides is 1. The summed E-state index contributed by atoms with van der Waals surface area (Å²) in [6, 6.07) is -0.101. The summed E-state index contributed by atoms with van der Waals surface area (Å²) in [5.41, 5.74) is 0. The average Bonchev–Trinajstić information content (AvgIpc) is 2.15. The van der Waals surface area contributed by atoms with Crippen LogP contribution in [0.3, 0.4) is 0 Å². The predicted octanol–water partition coefficient (Wildman–Crippen LogP) is 0.910. The molecule has 1 fully saturated rings. The molecule has 0 aliphatic carbocycles. The van der Waals surface area contributed by atoms with Crippen LogP contribution in [0.15, 0.2) is 0 Å². The highest BCUT2D eigenvalue weighted by atomic mass is 32.2. The Labute approximate surface area is 96.5 Å². The van der Waals surface area contributed by atoms with Crippen LogP contribution in [0.4, 0.5) is 0 Å². The van der Waals surface area contributed by atoms with Crippen LogP contribution in [0.1, 0.15) is 33.6 Å². The van der Waals surface area contributed by atoms with Gasteiger partial charge in [0, 0.05) is 12.6 Å². The van der Waals surface area contributed by atoms with Crippen LogP contribution < -0.4 is 0 Å². The molecule has 0 aromatic heterocycles. The smallest absolute Gasteiger partial charge is 0.323 e. The number of carboxylic acids is 1. The number of piperidine rings is 1. The Morgan fingerprint density at radius 1 is 1.44 bits per heavy atom. The van der Waals surface area contributed by atoms with Crippen LogP contribution in [0.2, 0.25) is 0 Å². The highest BCUT2D eigenvalue weighted by Gasteiger charge is 2.38. The van der Waals surface area contributed by atoms with Crippen molar-refractivity contribution < 1.29 is 18.3 Å². The first-order valence-electron chi connectivity index (χ1n) is 5.50. The Kier molecular flexibility index (Phi) is 3.96. The molecule has 1 saturated heterocycles. The first kappa shape index (κ1) is 13.4. The van der Waals surface area contributed by atoms with Crippen molar-refractivity contribution in [1.82, 2.24) is 4.31 Å². The minimum atomic E-state index is -3.70. The number of carbonyl (C=O) groups is 1. The number of carboxylic acid groups (broad SMARTS) is 1. The lowest BCUT2D eigenvalue weighted by Crippen LogP contribution is -2.49. The molecule has 3 atom stereocenters. The molecule has 5 nitrogen and oxygen atoms in total. The van der Waals surface area contributed by atoms with Crippen molar-refractivity contribution in [1.29, 1.82) is 0 Å². The van der Waals surface area contributed by atoms with Crippen LogP contribution in [0, 0.1) is 5.92 Å². The van der Waals surface area contributed by atoms with Gasteiger partial charge in [-0.05, 0) is 32.6 Å². The molecule has 16 heavy (non-hydrogen) atoms. The number of rotatable bonds is 3. The fourth-order valence-electron chi connectivity index (χ4n) is 2.09. The van der Waals surface area contributed by atoms with Crippen molar-refractivity contribution in [2.75, 3.05) is 6.54 Å². The molecule has 0 aromatic carbocycles. The zero-order valence-corrected chi connectivity index (χ0v) is 10.7. The molecule has 0 amide bonds. The molecule has 0 bridgehead atoms. The fraction of sp³-hybridized carbons (Fsp3) is 0.900. The van der Waals surface area contributed by atoms with Crippen molar-refractivity contribution in [2.45, 2.75) is 44.9 Å². The Hall–Kier alpha value is -0.620. The maximum Gasteiger partial charge on any atom is 0.323 e. The average molecular weight is 249 g/mol. The lowest BCUT2D eigenvalue weighted by atomic mass is 9.95. The highest BCUT2D eigenvalue weighted by Crippen LogP contribution is 2.26. The second kappa shape index (κ2) is 4.71. The van der Waals surface area contributed by atoms with Crippen molar-refractivity contribution >= 4 is 16.0 Å². The SMILES string of the molecule is CC1CCN(S(=O)(=O)C(C)C(=O)O)C(C)C1. The number of nitrogens with zero attached hydrogens (tertiary/aromatic N) is 1. The molecule has 1 aliphatic heterocycles. The quantitative estimate of drug-likeness (QED) is 0.806. The summed E-state index contributed by atoms with van der Waals surface area (Å²) in [5.74, 6) is -0.785. The maximum atomic E-state index is 12.0. The minimum Gasteiger partial charge on any atom is -0.480 e. The minimum absolute atomic E-state index is 0.101. The van der Waals surface area contributed by atoms with E-state index in [-0.39, 0.29) is 6.04 Å². The van der Waals surface area contributed by atoms with Gasteiger partial charge in [-0.25, -0.2) is 8.42 Å². The standard InChI is InChI=1S/C10H19NO4S/c1-7-4-5-11(8(2)6-7)16(14,15)9(3)10(12)13/h7-9H,4-6H2,1-3H3,(H,12,13). The van der Waals surface area contributed by atoms with Gasteiger partial charge in [-0.3, -0.25) is 4.79 Å². The molecule has 0 aromatic rings. The van der Waals surface area contributed by atoms with E-state index >= 15 is 0 Å². The first-order chi connectivity index (χ1) is 7.26. The maximum absolute atomic E-state index is 12.0. The normalized spacial score (nSPS) is 29.9. The number of aliphatic carboxylic acids is 1. The zero-order valence-electron chi connectivity index (χ0n) is 9.88. The summed E-state index contributed by atoms with van der Waals surface area (Å²) in [6.45, 7) is 5.58. The van der Waals surface area contributed by atoms with Crippen LogP contribution >= 0.6 is 0 Å². The zero-order chi connectivity index (χ0) is 12.5. The van der Waals surface area contributed by atoms with Gasteiger partial charge in [-0.2, -0.15) is 4.31 Å². The molecular formula is C10H19NO4S. The fourth-order valence-corrected chi connectivity index (χ4v) is 3.70. The van der Waals surface area contributed by atoms with Gasteiger partial charge in [-0.15, -0.1) is 0 Å². The lowest BCUT2D eigenvalue weighted by Gasteiger charge is -2.36. The molecule has 1 N–H and O–H groups in total. The molecule has 3 unspecified atom stereocenters. The largest absolute Gasteiger partial charge is 0.480 e. The monoisotopic (exact) mass is 249 g/mol. The van der Waals surface area contributed by atoms with Gasteiger partial charge in [0.15, 0.2) is 5.25 Å². The predicted molar refractivity (Wildman–Crippen MR) is 60.6 cm³/mol. The molecule has 1 heterocycles. The van der Waals surface area contributed by atoms with E-state index in [1.54, 1.807) is 0 Å². The Morgan fingerprint density at radius 2 is 2.00 bits per heavy atom. The Morgan fingerprint density at radius 3 is 2.44 bits per heavy atom. The van der Waals surface area contributed by atoms with Crippen LogP contribution in [-0.2, 0) is 14.8 Å². The lowest BCUT2D eigenvalue weighted by molar-refractivity contribution is -0.136. The van der Waals surface area contributed by atoms with Crippen LogP contribution in [-0.4, -0.2) is 41.6 Å². The third-order valence-corrected chi connectivity index (χ3v) is 5.49. The van der Waals surface area contributed by atoms with Gasteiger partial charge < -0.3 is 5.11 Å². The van der Waals surface area contributed by atoms with E-state index in [2.05, 4.69) is 6.92 Å². The van der Waals surface area contributed by atoms with E-state index in [9.17, 15) is 13.2 Å². The third-order valence-electron chi connectivity index (χ3n) is 3.20. The second-order valence-electron chi connectivity index (χ2n) is 4.61. The van der Waals surface area contributed by atoms with Crippen molar-refractivity contribution in [3.05, 3.63) is 0 Å². The number of hydrogen-bond donors (Lipinski definition) is 1. The molecule has 0 saturated carbocycles. The van der Waals surface area contributed by atoms with E-state index in [0.29, 0.717) is 12.5 Å². The van der Waals surface area contributed by atoms with E-state index in [1.165, 1.54) is 11.2 Å². The van der Waals surface area contributed by atoms with Crippen molar-refractivity contribution in [3.8, 4) is 0 Å². The third kappa shape index (κ3) is 2.55. The van der Waals surface area contributed by atoms with Gasteiger partial charge in [0.05, 0.1) is 0 Å². The topological polar surface area (TPSA) is 74.7 Å². The second-order valence-corrected chi connectivity index (χ2v) is 6.82. The summed E-state index contributed by atoms with van der Waals surface area (Å²) in [5, 5.41) is 7.42. The summed E-state index contributed by atoms with van der Waals surface area (Å²) in [4.78, 5) is 10.8. The molecule has 1 aliphatic rings. The van der Waals surface area contributed by atoms with Gasteiger partial charge in [0.1, 0.15) is 0 Å². The summed E-state index contributed by atoms with van der Waals surface area (Å²) >= 11 is 0. The van der Waals surface area contributed by atoms with Crippen molar-refractivity contribution in [3.63, 3.8) is 0 Å². The molecule has 0 spiro atoms. The molecule has 0 radical (unpaired) electrons. The summed E-state index contributed by atoms with van der Waals surface area (Å²) in [6.07, 6.45) is 1.60. The summed E-state index contributed by atoms with van der Waals surface area (Å²) < 4.78 is 25.3. The number of hydrogen-bond acceptors (Lipinski definition) is 3. The van der Waals surface area contributed by atoms with E-state index < -0.39 is 21.2 Å². The first-order valence-corrected chi connectivity index (χ1v) is 7.00. The van der Waals surface area contributed by atoms with E-state index in [0.717, 1.165) is 12.8 Å². The van der Waals surface area contributed by atoms with E-state index in [4.69, 9.17) is 5.11 Å². The van der Waals surface area contributed by atoms with Gasteiger partial charge in [0.2, 0.25) is 10.0 Å². The van der Waals surface area contributed by atoms with Gasteiger partial charge in [0.25, 0.3) is 0 Å². The van der Waals surface area contributed by atoms with E-state index in [1.807, 2.05) is 6.92 Å². The van der Waals surface area contributed by atoms with Gasteiger partial charge in [-0.1, -0.05) is 6.92 Å². The molecule has 1 rings (SSSR count). The van der Waals surface area contributed by atoms with Crippen LogP contribution in [0.25, 0.3) is 0 Å². The summed E-state index contributed by atoms with van der Waals surface area (Å²) in [7, 11) is -3.70.